The molecule has 0 saturated carbocycles. The maximum atomic E-state index is 13.1. The van der Waals surface area contributed by atoms with Crippen LogP contribution in [0.5, 0.6) is 0 Å². The number of esters is 1. The largest absolute Gasteiger partial charge is 0.464 e. The van der Waals surface area contributed by atoms with Gasteiger partial charge in [-0.3, -0.25) is 4.79 Å². The first-order chi connectivity index (χ1) is 14.0. The number of para-hydroxylation sites is 1. The van der Waals surface area contributed by atoms with E-state index in [1.54, 1.807) is 31.2 Å². The molecule has 0 atom stereocenters. The normalized spacial score (nSPS) is 10.7. The molecule has 10 nitrogen and oxygen atoms in total. The van der Waals surface area contributed by atoms with Crippen LogP contribution in [0.2, 0.25) is 0 Å². The minimum absolute atomic E-state index is 0.109. The maximum absolute atomic E-state index is 13.1. The number of rotatable bonds is 8. The molecule has 29 heavy (non-hydrogen) atoms. The monoisotopic (exact) mass is 399 g/mol. The first kappa shape index (κ1) is 20.2. The van der Waals surface area contributed by atoms with Gasteiger partial charge in [0.1, 0.15) is 5.76 Å². The van der Waals surface area contributed by atoms with Crippen molar-refractivity contribution >= 4 is 11.9 Å². The molecule has 0 bridgehead atoms. The van der Waals surface area contributed by atoms with Crippen LogP contribution in [0, 0.1) is 6.92 Å². The topological polar surface area (TPSA) is 124 Å². The van der Waals surface area contributed by atoms with Crippen molar-refractivity contribution in [3.05, 3.63) is 59.6 Å². The Morgan fingerprint density at radius 2 is 1.93 bits per heavy atom. The van der Waals surface area contributed by atoms with Crippen LogP contribution in [-0.4, -0.2) is 68.7 Å². The number of carbonyl (C=O) groups excluding carboxylic acids is 2. The average Bonchev–Trinajstić information content (AvgIpc) is 3.40. The number of benzene rings is 1. The lowest BCUT2D eigenvalue weighted by molar-refractivity contribution is 0.0592. The van der Waals surface area contributed by atoms with E-state index in [0.29, 0.717) is 22.9 Å². The maximum Gasteiger partial charge on any atom is 0.360 e. The van der Waals surface area contributed by atoms with Gasteiger partial charge in [0.05, 0.1) is 37.4 Å². The van der Waals surface area contributed by atoms with Crippen LogP contribution in [-0.2, 0) is 11.2 Å². The Hall–Kier alpha value is -3.53. The highest BCUT2D eigenvalue weighted by Crippen LogP contribution is 2.16. The second-order valence-electron chi connectivity index (χ2n) is 6.11. The van der Waals surface area contributed by atoms with Crippen LogP contribution in [0.4, 0.5) is 0 Å². The van der Waals surface area contributed by atoms with Gasteiger partial charge in [0.25, 0.3) is 5.91 Å². The smallest absolute Gasteiger partial charge is 0.360 e. The molecule has 3 aromatic rings. The Balaban J connectivity index is 1.79. The number of hydrogen-bond acceptors (Lipinski definition) is 8. The Morgan fingerprint density at radius 3 is 2.62 bits per heavy atom. The number of amides is 1. The molecule has 3 rings (SSSR count). The fourth-order valence-corrected chi connectivity index (χ4v) is 2.85. The van der Waals surface area contributed by atoms with Gasteiger partial charge >= 0.3 is 5.97 Å². The van der Waals surface area contributed by atoms with E-state index in [2.05, 4.69) is 19.9 Å². The number of oxazole rings is 1. The van der Waals surface area contributed by atoms with Crippen LogP contribution in [0.25, 0.3) is 5.69 Å². The highest BCUT2D eigenvalue weighted by Gasteiger charge is 2.22. The lowest BCUT2D eigenvalue weighted by atomic mass is 10.1. The van der Waals surface area contributed by atoms with E-state index in [-0.39, 0.29) is 37.7 Å². The summed E-state index contributed by atoms with van der Waals surface area (Å²) in [6, 6.07) is 6.95. The minimum Gasteiger partial charge on any atom is -0.464 e. The number of aromatic nitrogens is 4. The highest BCUT2D eigenvalue weighted by molar-refractivity contribution is 5.97. The Morgan fingerprint density at radius 1 is 1.21 bits per heavy atom. The summed E-state index contributed by atoms with van der Waals surface area (Å²) in [5.41, 5.74) is 1.04. The van der Waals surface area contributed by atoms with Crippen molar-refractivity contribution in [3.63, 3.8) is 0 Å². The van der Waals surface area contributed by atoms with E-state index in [0.717, 1.165) is 0 Å². The molecule has 2 heterocycles. The van der Waals surface area contributed by atoms with E-state index in [1.165, 1.54) is 29.2 Å². The summed E-state index contributed by atoms with van der Waals surface area (Å²) < 4.78 is 10.2. The van der Waals surface area contributed by atoms with Gasteiger partial charge in [-0.05, 0) is 19.1 Å². The summed E-state index contributed by atoms with van der Waals surface area (Å²) in [6.07, 6.45) is 3.32. The first-order valence-electron chi connectivity index (χ1n) is 8.95. The van der Waals surface area contributed by atoms with E-state index in [9.17, 15) is 14.7 Å². The highest BCUT2D eigenvalue weighted by atomic mass is 16.5. The summed E-state index contributed by atoms with van der Waals surface area (Å²) in [6.45, 7) is 1.78. The Kier molecular flexibility index (Phi) is 6.35. The molecule has 1 amide bonds. The third kappa shape index (κ3) is 4.49. The molecular weight excluding hydrogens is 378 g/mol. The minimum atomic E-state index is -0.582. The molecule has 0 radical (unpaired) electrons. The zero-order chi connectivity index (χ0) is 20.8. The van der Waals surface area contributed by atoms with Crippen LogP contribution < -0.4 is 0 Å². The van der Waals surface area contributed by atoms with Crippen LogP contribution in [0.3, 0.4) is 0 Å². The third-order valence-electron chi connectivity index (χ3n) is 4.24. The lowest BCUT2D eigenvalue weighted by Crippen LogP contribution is -2.36. The van der Waals surface area contributed by atoms with E-state index < -0.39 is 5.97 Å². The average molecular weight is 399 g/mol. The van der Waals surface area contributed by atoms with Gasteiger partial charge in [0.15, 0.2) is 11.6 Å². The summed E-state index contributed by atoms with van der Waals surface area (Å²) in [5.74, 6) is -0.215. The summed E-state index contributed by atoms with van der Waals surface area (Å²) in [5, 5.41) is 17.6. The van der Waals surface area contributed by atoms with E-state index >= 15 is 0 Å². The molecule has 10 heteroatoms. The van der Waals surface area contributed by atoms with Gasteiger partial charge in [-0.25, -0.2) is 9.78 Å². The standard InChI is InChI=1S/C19H21N5O5/c1-13-17(19(27)28-2)22-16(29-13)7-10-23(11-12-25)18(26)14-5-3-4-6-15(14)24-20-8-9-21-24/h3-6,8-9,25H,7,10-12H2,1-2H3. The van der Waals surface area contributed by atoms with Gasteiger partial charge in [0.2, 0.25) is 0 Å². The number of aliphatic hydroxyl groups is 1. The molecule has 1 aromatic carbocycles. The lowest BCUT2D eigenvalue weighted by Gasteiger charge is -2.22. The van der Waals surface area contributed by atoms with Gasteiger partial charge in [-0.2, -0.15) is 15.0 Å². The van der Waals surface area contributed by atoms with E-state index in [1.807, 2.05) is 0 Å². The number of aryl methyl sites for hydroxylation is 1. The SMILES string of the molecule is COC(=O)c1nc(CCN(CCO)C(=O)c2ccccc2-n2nccn2)oc1C. The molecule has 152 valence electrons. The molecule has 0 fully saturated rings. The van der Waals surface area contributed by atoms with Crippen LogP contribution in [0.15, 0.2) is 41.1 Å². The third-order valence-corrected chi connectivity index (χ3v) is 4.24. The van der Waals surface area contributed by atoms with Gasteiger partial charge in [-0.1, -0.05) is 12.1 Å². The summed E-state index contributed by atoms with van der Waals surface area (Å²) >= 11 is 0. The van der Waals surface area contributed by atoms with Gasteiger partial charge in [0, 0.05) is 19.5 Å². The quantitative estimate of drug-likeness (QED) is 0.557. The first-order valence-corrected chi connectivity index (χ1v) is 8.95. The fourth-order valence-electron chi connectivity index (χ4n) is 2.85. The van der Waals surface area contributed by atoms with Crippen molar-refractivity contribution in [1.82, 2.24) is 24.9 Å². The molecule has 0 spiro atoms. The second-order valence-corrected chi connectivity index (χ2v) is 6.11. The molecule has 0 unspecified atom stereocenters. The van der Waals surface area contributed by atoms with Gasteiger partial charge in [-0.15, -0.1) is 0 Å². The van der Waals surface area contributed by atoms with Crippen LogP contribution in [0.1, 0.15) is 32.5 Å². The molecule has 2 aromatic heterocycles. The molecule has 0 aliphatic rings. The van der Waals surface area contributed by atoms with Crippen molar-refractivity contribution < 1.29 is 23.8 Å². The summed E-state index contributed by atoms with van der Waals surface area (Å²) in [4.78, 5) is 31.8. The Labute approximate surface area is 166 Å². The predicted molar refractivity (Wildman–Crippen MR) is 101 cm³/mol. The number of carbonyl (C=O) groups is 2. The number of aliphatic hydroxyl groups excluding tert-OH is 1. The van der Waals surface area contributed by atoms with Crippen LogP contribution >= 0.6 is 0 Å². The molecule has 0 aliphatic heterocycles. The number of nitrogens with zero attached hydrogens (tertiary/aromatic N) is 5. The molecule has 0 aliphatic carbocycles. The zero-order valence-corrected chi connectivity index (χ0v) is 16.1. The van der Waals surface area contributed by atoms with E-state index in [4.69, 9.17) is 4.42 Å². The zero-order valence-electron chi connectivity index (χ0n) is 16.1. The molecule has 0 saturated heterocycles. The number of hydrogen-bond donors (Lipinski definition) is 1. The van der Waals surface area contributed by atoms with Crippen molar-refractivity contribution in [3.8, 4) is 5.69 Å². The molecular formula is C19H21N5O5. The number of ether oxygens (including phenoxy) is 1. The van der Waals surface area contributed by atoms with Crippen molar-refractivity contribution in [2.75, 3.05) is 26.8 Å². The fraction of sp³-hybridized carbons (Fsp3) is 0.316. The predicted octanol–water partition coefficient (Wildman–Crippen LogP) is 1.03. The second kappa shape index (κ2) is 9.11. The molecule has 1 N–H and O–H groups in total. The van der Waals surface area contributed by atoms with Crippen molar-refractivity contribution in [2.45, 2.75) is 13.3 Å². The van der Waals surface area contributed by atoms with Crippen molar-refractivity contribution in [2.24, 2.45) is 0 Å². The summed E-state index contributed by atoms with van der Waals surface area (Å²) in [7, 11) is 1.27. The van der Waals surface area contributed by atoms with Gasteiger partial charge < -0.3 is 19.2 Å². The number of methoxy groups -OCH3 is 1. The van der Waals surface area contributed by atoms with Crippen molar-refractivity contribution in [1.29, 1.82) is 0 Å². The Bertz CT molecular complexity index is 983.